The lowest BCUT2D eigenvalue weighted by Crippen LogP contribution is -1.95. The third-order valence-electron chi connectivity index (χ3n) is 0.852. The maximum absolute atomic E-state index is 8.20. The van der Waals surface area contributed by atoms with Crippen LogP contribution in [0.3, 0.4) is 0 Å². The van der Waals surface area contributed by atoms with Crippen molar-refractivity contribution < 1.29 is 9.84 Å². The smallest absolute Gasteiger partial charge is 0.0974 e. The normalized spacial score (nSPS) is 20.1. The van der Waals surface area contributed by atoms with Crippen molar-refractivity contribution in [3.8, 4) is 0 Å². The lowest BCUT2D eigenvalue weighted by atomic mass is 10.7. The molecule has 0 heterocycles. The molecule has 0 aromatic heterocycles. The molecule has 0 aliphatic heterocycles. The van der Waals surface area contributed by atoms with Crippen molar-refractivity contribution in [1.29, 1.82) is 0 Å². The maximum Gasteiger partial charge on any atom is 0.0974 e. The minimum absolute atomic E-state index is 0.142. The van der Waals surface area contributed by atoms with Crippen molar-refractivity contribution in [3.63, 3.8) is 0 Å². The highest BCUT2D eigenvalue weighted by Crippen LogP contribution is 2.32. The van der Waals surface area contributed by atoms with Crippen LogP contribution >= 0.6 is 0 Å². The number of aliphatic hydroxyl groups excluding tert-OH is 1. The molecule has 0 bridgehead atoms. The molecule has 2 heteroatoms. The van der Waals surface area contributed by atoms with Gasteiger partial charge >= 0.3 is 0 Å². The van der Waals surface area contributed by atoms with Crippen LogP contribution in [0, 0.1) is 6.10 Å². The first-order valence-corrected chi connectivity index (χ1v) is 2.52. The first kappa shape index (κ1) is 5.06. The van der Waals surface area contributed by atoms with E-state index in [1.54, 1.807) is 0 Å². The molecule has 0 aromatic rings. The first-order valence-electron chi connectivity index (χ1n) is 2.52. The van der Waals surface area contributed by atoms with E-state index >= 15 is 0 Å². The molecule has 1 N–H and O–H groups in total. The molecule has 0 atom stereocenters. The summed E-state index contributed by atoms with van der Waals surface area (Å²) in [6.45, 7) is 0.624. The predicted molar refractivity (Wildman–Crippen MR) is 25.5 cm³/mol. The van der Waals surface area contributed by atoms with Crippen LogP contribution in [-0.2, 0) is 4.74 Å². The Bertz CT molecular complexity index is 50.0. The van der Waals surface area contributed by atoms with Crippen LogP contribution in [0.4, 0.5) is 0 Å². The van der Waals surface area contributed by atoms with Crippen LogP contribution in [0.1, 0.15) is 12.8 Å². The molecule has 0 aromatic carbocycles. The van der Waals surface area contributed by atoms with Crippen LogP contribution in [0.2, 0.25) is 0 Å². The van der Waals surface area contributed by atoms with Gasteiger partial charge in [-0.15, -0.1) is 0 Å². The van der Waals surface area contributed by atoms with E-state index in [2.05, 4.69) is 0 Å². The average Bonchev–Trinajstić information content (AvgIpc) is 2.42. The zero-order valence-corrected chi connectivity index (χ0v) is 4.18. The second-order valence-corrected chi connectivity index (χ2v) is 1.61. The Morgan fingerprint density at radius 1 is 1.57 bits per heavy atom. The van der Waals surface area contributed by atoms with Gasteiger partial charge in [-0.05, 0) is 12.8 Å². The van der Waals surface area contributed by atoms with Crippen LogP contribution in [0.15, 0.2) is 0 Å². The van der Waals surface area contributed by atoms with Crippen molar-refractivity contribution >= 4 is 0 Å². The summed E-state index contributed by atoms with van der Waals surface area (Å²) in [5, 5.41) is 8.20. The third kappa shape index (κ3) is 1.90. The molecular formula is C5H9O2. The Labute approximate surface area is 43.1 Å². The SMILES string of the molecule is OCCO[C]1CC1. The lowest BCUT2D eigenvalue weighted by Gasteiger charge is -1.92. The molecule has 1 aliphatic rings. The summed E-state index contributed by atoms with van der Waals surface area (Å²) in [6.07, 6.45) is 3.37. The van der Waals surface area contributed by atoms with Crippen molar-refractivity contribution in [2.24, 2.45) is 0 Å². The third-order valence-corrected chi connectivity index (χ3v) is 0.852. The van der Waals surface area contributed by atoms with E-state index in [4.69, 9.17) is 9.84 Å². The zero-order chi connectivity index (χ0) is 5.11. The van der Waals surface area contributed by atoms with E-state index in [9.17, 15) is 0 Å². The summed E-state index contributed by atoms with van der Waals surface area (Å²) in [7, 11) is 0. The number of hydrogen-bond donors (Lipinski definition) is 1. The highest BCUT2D eigenvalue weighted by molar-refractivity contribution is 4.94. The maximum atomic E-state index is 8.20. The molecule has 1 saturated carbocycles. The number of rotatable bonds is 3. The summed E-state index contributed by atoms with van der Waals surface area (Å²) in [5.41, 5.74) is 0. The summed E-state index contributed by atoms with van der Waals surface area (Å²) < 4.78 is 4.97. The van der Waals surface area contributed by atoms with Gasteiger partial charge in [-0.25, -0.2) is 0 Å². The topological polar surface area (TPSA) is 29.5 Å². The fourth-order valence-electron chi connectivity index (χ4n) is 0.385. The molecule has 2 nitrogen and oxygen atoms in total. The molecule has 0 amide bonds. The van der Waals surface area contributed by atoms with E-state index in [0.29, 0.717) is 6.61 Å². The Kier molecular flexibility index (Phi) is 1.65. The van der Waals surface area contributed by atoms with Gasteiger partial charge in [0, 0.05) is 0 Å². The van der Waals surface area contributed by atoms with E-state index in [1.807, 2.05) is 0 Å². The summed E-state index contributed by atoms with van der Waals surface area (Å²) in [6, 6.07) is 0. The predicted octanol–water partition coefficient (Wildman–Crippen LogP) is 0.321. The van der Waals surface area contributed by atoms with Gasteiger partial charge in [0.15, 0.2) is 0 Å². The number of ether oxygens (including phenoxy) is 1. The van der Waals surface area contributed by atoms with Crippen LogP contribution in [0.5, 0.6) is 0 Å². The molecule has 1 radical (unpaired) electrons. The fraction of sp³-hybridized carbons (Fsp3) is 0.800. The van der Waals surface area contributed by atoms with Crippen molar-refractivity contribution in [1.82, 2.24) is 0 Å². The van der Waals surface area contributed by atoms with E-state index in [1.165, 1.54) is 0 Å². The van der Waals surface area contributed by atoms with Crippen molar-refractivity contribution in [2.75, 3.05) is 13.2 Å². The van der Waals surface area contributed by atoms with Crippen LogP contribution in [-0.4, -0.2) is 18.3 Å². The molecule has 1 aliphatic carbocycles. The molecule has 1 fully saturated rings. The molecule has 1 rings (SSSR count). The largest absolute Gasteiger partial charge is 0.394 e. The van der Waals surface area contributed by atoms with Gasteiger partial charge in [-0.3, -0.25) is 0 Å². The Balaban J connectivity index is 1.80. The van der Waals surface area contributed by atoms with Gasteiger partial charge in [-0.2, -0.15) is 0 Å². The monoisotopic (exact) mass is 101 g/mol. The molecular weight excluding hydrogens is 92.1 g/mol. The molecule has 0 spiro atoms. The molecule has 7 heavy (non-hydrogen) atoms. The van der Waals surface area contributed by atoms with Crippen molar-refractivity contribution in [3.05, 3.63) is 6.10 Å². The molecule has 0 unspecified atom stereocenters. The molecule has 41 valence electrons. The Hall–Kier alpha value is -0.0800. The summed E-state index contributed by atoms with van der Waals surface area (Å²) >= 11 is 0. The van der Waals surface area contributed by atoms with E-state index in [-0.39, 0.29) is 6.61 Å². The lowest BCUT2D eigenvalue weighted by molar-refractivity contribution is 0.128. The van der Waals surface area contributed by atoms with E-state index < -0.39 is 0 Å². The Morgan fingerprint density at radius 2 is 2.29 bits per heavy atom. The van der Waals surface area contributed by atoms with Crippen LogP contribution < -0.4 is 0 Å². The highest BCUT2D eigenvalue weighted by Gasteiger charge is 2.22. The van der Waals surface area contributed by atoms with Gasteiger partial charge in [0.05, 0.1) is 19.3 Å². The van der Waals surface area contributed by atoms with E-state index in [0.717, 1.165) is 18.9 Å². The quantitative estimate of drug-likeness (QED) is 0.554. The highest BCUT2D eigenvalue weighted by atomic mass is 16.5. The van der Waals surface area contributed by atoms with Crippen molar-refractivity contribution in [2.45, 2.75) is 12.8 Å². The average molecular weight is 101 g/mol. The minimum Gasteiger partial charge on any atom is -0.394 e. The van der Waals surface area contributed by atoms with Gasteiger partial charge in [0.25, 0.3) is 0 Å². The minimum atomic E-state index is 0.142. The fourth-order valence-corrected chi connectivity index (χ4v) is 0.385. The van der Waals surface area contributed by atoms with Gasteiger partial charge in [0.2, 0.25) is 0 Å². The van der Waals surface area contributed by atoms with Gasteiger partial charge < -0.3 is 9.84 Å². The first-order chi connectivity index (χ1) is 3.43. The van der Waals surface area contributed by atoms with Gasteiger partial charge in [-0.1, -0.05) is 0 Å². The zero-order valence-electron chi connectivity index (χ0n) is 4.18. The Morgan fingerprint density at radius 3 is 2.71 bits per heavy atom. The second-order valence-electron chi connectivity index (χ2n) is 1.61. The molecule has 0 saturated heterocycles. The number of hydrogen-bond acceptors (Lipinski definition) is 2. The number of aliphatic hydroxyl groups is 1. The second kappa shape index (κ2) is 2.28. The van der Waals surface area contributed by atoms with Gasteiger partial charge in [0.1, 0.15) is 0 Å². The standard InChI is InChI=1S/C5H9O2/c6-3-4-7-5-1-2-5/h6H,1-4H2. The summed E-state index contributed by atoms with van der Waals surface area (Å²) in [5.74, 6) is 0. The van der Waals surface area contributed by atoms with Crippen LogP contribution in [0.25, 0.3) is 0 Å². The summed E-state index contributed by atoms with van der Waals surface area (Å²) in [4.78, 5) is 0.